The molecule has 5 nitrogen and oxygen atoms in total. The lowest BCUT2D eigenvalue weighted by Gasteiger charge is -2.09. The third kappa shape index (κ3) is 3.04. The van der Waals surface area contributed by atoms with Crippen LogP contribution in [-0.2, 0) is 0 Å². The van der Waals surface area contributed by atoms with Gasteiger partial charge >= 0.3 is 0 Å². The summed E-state index contributed by atoms with van der Waals surface area (Å²) in [6.07, 6.45) is 3.43. The van der Waals surface area contributed by atoms with Gasteiger partial charge in [0.2, 0.25) is 0 Å². The maximum absolute atomic E-state index is 13.2. The van der Waals surface area contributed by atoms with E-state index in [9.17, 15) is 4.39 Å². The van der Waals surface area contributed by atoms with Crippen molar-refractivity contribution < 1.29 is 9.13 Å². The minimum Gasteiger partial charge on any atom is -0.497 e. The van der Waals surface area contributed by atoms with Crippen molar-refractivity contribution in [1.29, 1.82) is 0 Å². The zero-order valence-corrected chi connectivity index (χ0v) is 14.0. The standard InChI is InChI=1S/C20H15FN4O/c1-26-16-6-7-18-17(12-16)19(13-8-10-22-11-9-13)24-25-20(23-18)14-2-4-15(21)5-3-14/h2-12H,1H3,(H,23,25). The van der Waals surface area contributed by atoms with Crippen LogP contribution in [0.1, 0.15) is 16.7 Å². The third-order valence-corrected chi connectivity index (χ3v) is 4.04. The van der Waals surface area contributed by atoms with Crippen molar-refractivity contribution in [2.75, 3.05) is 7.11 Å². The zero-order valence-electron chi connectivity index (χ0n) is 14.0. The van der Waals surface area contributed by atoms with E-state index in [4.69, 9.17) is 4.74 Å². The van der Waals surface area contributed by atoms with Crippen molar-refractivity contribution in [2.24, 2.45) is 10.1 Å². The Kier molecular flexibility index (Phi) is 4.15. The molecule has 1 aromatic heterocycles. The van der Waals surface area contributed by atoms with Gasteiger partial charge in [-0.2, -0.15) is 5.10 Å². The summed E-state index contributed by atoms with van der Waals surface area (Å²) in [5.41, 5.74) is 6.95. The highest BCUT2D eigenvalue weighted by molar-refractivity contribution is 6.18. The molecule has 4 rings (SSSR count). The summed E-state index contributed by atoms with van der Waals surface area (Å²) in [7, 11) is 1.62. The molecule has 0 atom stereocenters. The quantitative estimate of drug-likeness (QED) is 0.787. The van der Waals surface area contributed by atoms with E-state index in [0.717, 1.165) is 28.1 Å². The number of ether oxygens (including phenoxy) is 1. The van der Waals surface area contributed by atoms with Crippen LogP contribution in [0, 0.1) is 5.82 Å². The average Bonchev–Trinajstić information content (AvgIpc) is 2.88. The van der Waals surface area contributed by atoms with Crippen LogP contribution in [-0.4, -0.2) is 23.6 Å². The molecule has 1 aliphatic rings. The molecular weight excluding hydrogens is 331 g/mol. The molecule has 0 saturated carbocycles. The number of hydrogen-bond donors (Lipinski definition) is 1. The summed E-state index contributed by atoms with van der Waals surface area (Å²) < 4.78 is 18.6. The molecule has 6 heteroatoms. The number of hydrazone groups is 1. The number of nitrogens with one attached hydrogen (secondary N) is 1. The fourth-order valence-electron chi connectivity index (χ4n) is 2.71. The third-order valence-electron chi connectivity index (χ3n) is 4.04. The predicted molar refractivity (Wildman–Crippen MR) is 98.6 cm³/mol. The molecule has 128 valence electrons. The van der Waals surface area contributed by atoms with Gasteiger partial charge in [0.25, 0.3) is 0 Å². The predicted octanol–water partition coefficient (Wildman–Crippen LogP) is 3.66. The molecule has 2 heterocycles. The molecular formula is C20H15FN4O. The number of amidine groups is 1. The first kappa shape index (κ1) is 16.0. The molecule has 0 bridgehead atoms. The summed E-state index contributed by atoms with van der Waals surface area (Å²) in [4.78, 5) is 8.75. The van der Waals surface area contributed by atoms with Crippen molar-refractivity contribution in [3.63, 3.8) is 0 Å². The average molecular weight is 346 g/mol. The Morgan fingerprint density at radius 2 is 1.69 bits per heavy atom. The monoisotopic (exact) mass is 346 g/mol. The second kappa shape index (κ2) is 6.76. The number of halogens is 1. The number of nitrogens with zero attached hydrogens (tertiary/aromatic N) is 3. The fraction of sp³-hybridized carbons (Fsp3) is 0.0500. The Morgan fingerprint density at radius 1 is 0.923 bits per heavy atom. The summed E-state index contributed by atoms with van der Waals surface area (Å²) in [6, 6.07) is 15.5. The fourth-order valence-corrected chi connectivity index (χ4v) is 2.71. The number of aromatic nitrogens is 1. The van der Waals surface area contributed by atoms with E-state index in [1.165, 1.54) is 12.1 Å². The van der Waals surface area contributed by atoms with E-state index in [0.29, 0.717) is 11.6 Å². The molecule has 0 fully saturated rings. The van der Waals surface area contributed by atoms with E-state index in [-0.39, 0.29) is 5.82 Å². The van der Waals surface area contributed by atoms with Crippen LogP contribution in [0.5, 0.6) is 5.75 Å². The van der Waals surface area contributed by atoms with Crippen LogP contribution in [0.2, 0.25) is 0 Å². The van der Waals surface area contributed by atoms with Gasteiger partial charge in [0.1, 0.15) is 17.3 Å². The van der Waals surface area contributed by atoms with Crippen molar-refractivity contribution in [3.8, 4) is 5.75 Å². The van der Waals surface area contributed by atoms with E-state index in [1.54, 1.807) is 31.6 Å². The first-order valence-corrected chi connectivity index (χ1v) is 8.02. The minimum absolute atomic E-state index is 0.297. The van der Waals surface area contributed by atoms with Crippen molar-refractivity contribution >= 4 is 17.2 Å². The molecule has 0 radical (unpaired) electrons. The Morgan fingerprint density at radius 3 is 2.42 bits per heavy atom. The van der Waals surface area contributed by atoms with E-state index in [2.05, 4.69) is 20.5 Å². The number of fused-ring (bicyclic) bond motifs is 1. The highest BCUT2D eigenvalue weighted by Gasteiger charge is 2.18. The van der Waals surface area contributed by atoms with Gasteiger partial charge in [-0.1, -0.05) is 0 Å². The second-order valence-electron chi connectivity index (χ2n) is 5.66. The highest BCUT2D eigenvalue weighted by Crippen LogP contribution is 2.29. The molecule has 0 aliphatic carbocycles. The maximum atomic E-state index is 13.2. The van der Waals surface area contributed by atoms with Crippen LogP contribution in [0.4, 0.5) is 10.1 Å². The summed E-state index contributed by atoms with van der Waals surface area (Å²) >= 11 is 0. The smallest absolute Gasteiger partial charge is 0.154 e. The maximum Gasteiger partial charge on any atom is 0.154 e. The lowest BCUT2D eigenvalue weighted by atomic mass is 10.0. The van der Waals surface area contributed by atoms with Crippen LogP contribution in [0.25, 0.3) is 0 Å². The van der Waals surface area contributed by atoms with Gasteiger partial charge in [-0.15, -0.1) is 0 Å². The Labute approximate surface area is 149 Å². The van der Waals surface area contributed by atoms with Crippen LogP contribution < -0.4 is 10.2 Å². The number of aliphatic imine (C=N–C) groups is 1. The van der Waals surface area contributed by atoms with Crippen LogP contribution in [0.15, 0.2) is 77.1 Å². The first-order valence-electron chi connectivity index (χ1n) is 8.02. The molecule has 26 heavy (non-hydrogen) atoms. The number of methoxy groups -OCH3 is 1. The summed E-state index contributed by atoms with van der Waals surface area (Å²) in [5.74, 6) is 0.959. The van der Waals surface area contributed by atoms with Crippen molar-refractivity contribution in [2.45, 2.75) is 0 Å². The highest BCUT2D eigenvalue weighted by atomic mass is 19.1. The Hall–Kier alpha value is -3.54. The van der Waals surface area contributed by atoms with Crippen molar-refractivity contribution in [3.05, 3.63) is 89.5 Å². The molecule has 1 aliphatic heterocycles. The largest absolute Gasteiger partial charge is 0.497 e. The van der Waals surface area contributed by atoms with Gasteiger partial charge in [-0.3, -0.25) is 10.4 Å². The SMILES string of the molecule is COc1ccc2c(c1)C(c1ccncc1)=NNC(c1ccc(F)cc1)=N2. The Bertz CT molecular complexity index is 998. The van der Waals surface area contributed by atoms with Gasteiger partial charge in [-0.25, -0.2) is 9.38 Å². The normalized spacial score (nSPS) is 13.0. The Balaban J connectivity index is 1.87. The van der Waals surface area contributed by atoms with E-state index >= 15 is 0 Å². The lowest BCUT2D eigenvalue weighted by molar-refractivity contribution is 0.415. The van der Waals surface area contributed by atoms with Gasteiger partial charge in [0.05, 0.1) is 12.8 Å². The summed E-state index contributed by atoms with van der Waals surface area (Å²) in [5, 5.41) is 4.55. The molecule has 1 N–H and O–H groups in total. The molecule has 0 saturated heterocycles. The van der Waals surface area contributed by atoms with Gasteiger partial charge in [0.15, 0.2) is 5.84 Å². The zero-order chi connectivity index (χ0) is 17.9. The molecule has 2 aromatic carbocycles. The minimum atomic E-state index is -0.297. The number of hydrogen-bond acceptors (Lipinski definition) is 5. The van der Waals surface area contributed by atoms with Crippen LogP contribution in [0.3, 0.4) is 0 Å². The van der Waals surface area contributed by atoms with Gasteiger partial charge in [-0.05, 0) is 54.6 Å². The van der Waals surface area contributed by atoms with Gasteiger partial charge < -0.3 is 4.74 Å². The number of pyridine rings is 1. The van der Waals surface area contributed by atoms with E-state index < -0.39 is 0 Å². The lowest BCUT2D eigenvalue weighted by Crippen LogP contribution is -2.19. The molecule has 0 unspecified atom stereocenters. The van der Waals surface area contributed by atoms with E-state index in [1.807, 2.05) is 30.3 Å². The molecule has 0 amide bonds. The second-order valence-corrected chi connectivity index (χ2v) is 5.66. The topological polar surface area (TPSA) is 58.9 Å². The van der Waals surface area contributed by atoms with Gasteiger partial charge in [0, 0.05) is 29.1 Å². The molecule has 3 aromatic rings. The van der Waals surface area contributed by atoms with Crippen LogP contribution >= 0.6 is 0 Å². The number of benzene rings is 2. The summed E-state index contributed by atoms with van der Waals surface area (Å²) in [6.45, 7) is 0. The molecule has 0 spiro atoms. The number of rotatable bonds is 3. The first-order chi connectivity index (χ1) is 12.7. The van der Waals surface area contributed by atoms with Crippen molar-refractivity contribution in [1.82, 2.24) is 10.4 Å².